The molecule has 0 saturated carbocycles. The lowest BCUT2D eigenvalue weighted by atomic mass is 10.2. The van der Waals surface area contributed by atoms with E-state index in [2.05, 4.69) is 28.9 Å². The minimum atomic E-state index is 0.871. The van der Waals surface area contributed by atoms with Crippen molar-refractivity contribution in [3.63, 3.8) is 0 Å². The van der Waals surface area contributed by atoms with Gasteiger partial charge >= 0.3 is 0 Å². The van der Waals surface area contributed by atoms with Gasteiger partial charge in [0.2, 0.25) is 0 Å². The normalized spacial score (nSPS) is 10.8. The molecule has 0 radical (unpaired) electrons. The predicted molar refractivity (Wildman–Crippen MR) is 73.7 cm³/mol. The number of halogens is 1. The lowest BCUT2D eigenvalue weighted by Crippen LogP contribution is -2.14. The minimum absolute atomic E-state index is 0.871. The van der Waals surface area contributed by atoms with E-state index in [-0.39, 0.29) is 0 Å². The van der Waals surface area contributed by atoms with Gasteiger partial charge in [-0.05, 0) is 43.0 Å². The van der Waals surface area contributed by atoms with Gasteiger partial charge in [-0.25, -0.2) is 0 Å². The fraction of sp³-hybridized carbons (Fsp3) is 0.333. The van der Waals surface area contributed by atoms with Gasteiger partial charge in [-0.15, -0.1) is 22.7 Å². The fourth-order valence-corrected chi connectivity index (χ4v) is 3.31. The number of hydrogen-bond donors (Lipinski definition) is 1. The zero-order valence-electron chi connectivity index (χ0n) is 8.91. The van der Waals surface area contributed by atoms with Crippen LogP contribution >= 0.6 is 34.3 Å². The molecule has 0 fully saturated rings. The van der Waals surface area contributed by atoms with Crippen LogP contribution in [0.4, 0.5) is 0 Å². The second-order valence-corrected chi connectivity index (χ2v) is 6.40. The number of hydrogen-bond acceptors (Lipinski definition) is 3. The fourth-order valence-electron chi connectivity index (χ4n) is 1.50. The molecule has 86 valence electrons. The van der Waals surface area contributed by atoms with Gasteiger partial charge in [0.1, 0.15) is 0 Å². The molecule has 2 aromatic heterocycles. The maximum Gasteiger partial charge on any atom is 0.0931 e. The van der Waals surface area contributed by atoms with Crippen molar-refractivity contribution in [3.8, 4) is 0 Å². The number of rotatable bonds is 6. The third-order valence-corrected chi connectivity index (χ3v) is 4.45. The summed E-state index contributed by atoms with van der Waals surface area (Å²) in [6.07, 6.45) is 2.37. The summed E-state index contributed by atoms with van der Waals surface area (Å²) in [5.74, 6) is 0. The van der Waals surface area contributed by atoms with Crippen molar-refractivity contribution in [2.24, 2.45) is 0 Å². The molecule has 0 amide bonds. The van der Waals surface area contributed by atoms with Crippen LogP contribution in [-0.2, 0) is 13.0 Å². The number of aryl methyl sites for hydroxylation is 1. The summed E-state index contributed by atoms with van der Waals surface area (Å²) in [5, 5.41) is 5.57. The smallest absolute Gasteiger partial charge is 0.0931 e. The summed E-state index contributed by atoms with van der Waals surface area (Å²) in [5.41, 5.74) is 0. The van der Waals surface area contributed by atoms with E-state index >= 15 is 0 Å². The van der Waals surface area contributed by atoms with Crippen LogP contribution in [-0.4, -0.2) is 6.54 Å². The molecule has 0 aliphatic heterocycles. The monoisotopic (exact) mass is 271 g/mol. The van der Waals surface area contributed by atoms with Crippen molar-refractivity contribution < 1.29 is 0 Å². The van der Waals surface area contributed by atoms with Crippen molar-refractivity contribution in [2.75, 3.05) is 6.54 Å². The summed E-state index contributed by atoms with van der Waals surface area (Å²) in [4.78, 5) is 2.78. The van der Waals surface area contributed by atoms with E-state index in [4.69, 9.17) is 11.6 Å². The molecule has 0 bridgehead atoms. The topological polar surface area (TPSA) is 12.0 Å². The van der Waals surface area contributed by atoms with E-state index in [0.29, 0.717) is 0 Å². The summed E-state index contributed by atoms with van der Waals surface area (Å²) in [6.45, 7) is 2.00. The van der Waals surface area contributed by atoms with Crippen LogP contribution in [0.5, 0.6) is 0 Å². The average molecular weight is 272 g/mol. The third-order valence-electron chi connectivity index (χ3n) is 2.28. The van der Waals surface area contributed by atoms with Crippen molar-refractivity contribution in [1.82, 2.24) is 5.32 Å². The van der Waals surface area contributed by atoms with Crippen LogP contribution < -0.4 is 5.32 Å². The molecule has 2 aromatic rings. The minimum Gasteiger partial charge on any atom is -0.312 e. The van der Waals surface area contributed by atoms with Crippen LogP contribution in [0.15, 0.2) is 29.6 Å². The van der Waals surface area contributed by atoms with Crippen LogP contribution in [0.1, 0.15) is 16.2 Å². The van der Waals surface area contributed by atoms with Gasteiger partial charge in [-0.3, -0.25) is 0 Å². The van der Waals surface area contributed by atoms with Gasteiger partial charge in [0.05, 0.1) is 4.34 Å². The average Bonchev–Trinajstić information content (AvgIpc) is 2.89. The van der Waals surface area contributed by atoms with Gasteiger partial charge < -0.3 is 5.32 Å². The largest absolute Gasteiger partial charge is 0.312 e. The maximum atomic E-state index is 5.86. The van der Waals surface area contributed by atoms with E-state index < -0.39 is 0 Å². The lowest BCUT2D eigenvalue weighted by Gasteiger charge is -2.01. The second-order valence-electron chi connectivity index (χ2n) is 3.57. The Morgan fingerprint density at radius 1 is 1.19 bits per heavy atom. The molecular weight excluding hydrogens is 258 g/mol. The number of nitrogens with one attached hydrogen (secondary N) is 1. The molecule has 0 aliphatic rings. The highest BCUT2D eigenvalue weighted by Crippen LogP contribution is 2.20. The van der Waals surface area contributed by atoms with Gasteiger partial charge in [-0.2, -0.15) is 0 Å². The highest BCUT2D eigenvalue weighted by Gasteiger charge is 1.97. The molecule has 16 heavy (non-hydrogen) atoms. The molecular formula is C12H14ClNS2. The van der Waals surface area contributed by atoms with Gasteiger partial charge in [0, 0.05) is 16.3 Å². The Balaban J connectivity index is 1.59. The number of thiophene rings is 2. The SMILES string of the molecule is Clc1ccc(CNCCCc2cccs2)s1. The Kier molecular flexibility index (Phi) is 4.85. The molecule has 0 saturated heterocycles. The first-order valence-electron chi connectivity index (χ1n) is 5.32. The van der Waals surface area contributed by atoms with Crippen LogP contribution in [0.25, 0.3) is 0 Å². The van der Waals surface area contributed by atoms with Crippen molar-refractivity contribution in [3.05, 3.63) is 43.7 Å². The third kappa shape index (κ3) is 3.91. The van der Waals surface area contributed by atoms with Crippen molar-refractivity contribution in [2.45, 2.75) is 19.4 Å². The van der Waals surface area contributed by atoms with Gasteiger partial charge in [0.25, 0.3) is 0 Å². The van der Waals surface area contributed by atoms with E-state index in [0.717, 1.165) is 17.4 Å². The molecule has 0 aliphatic carbocycles. The van der Waals surface area contributed by atoms with Crippen molar-refractivity contribution >= 4 is 34.3 Å². The van der Waals surface area contributed by atoms with Crippen LogP contribution in [0.2, 0.25) is 4.34 Å². The lowest BCUT2D eigenvalue weighted by molar-refractivity contribution is 0.657. The Morgan fingerprint density at radius 3 is 2.81 bits per heavy atom. The van der Waals surface area contributed by atoms with Gasteiger partial charge in [-0.1, -0.05) is 17.7 Å². The molecule has 2 heterocycles. The summed E-state index contributed by atoms with van der Waals surface area (Å²) < 4.78 is 0.871. The summed E-state index contributed by atoms with van der Waals surface area (Å²) in [7, 11) is 0. The zero-order chi connectivity index (χ0) is 11.2. The highest BCUT2D eigenvalue weighted by molar-refractivity contribution is 7.16. The highest BCUT2D eigenvalue weighted by atomic mass is 35.5. The second kappa shape index (κ2) is 6.40. The predicted octanol–water partition coefficient (Wildman–Crippen LogP) is 4.19. The summed E-state index contributed by atoms with van der Waals surface area (Å²) in [6, 6.07) is 8.35. The summed E-state index contributed by atoms with van der Waals surface area (Å²) >= 11 is 9.35. The Labute approximate surface area is 109 Å². The van der Waals surface area contributed by atoms with Gasteiger partial charge in [0.15, 0.2) is 0 Å². The first-order chi connectivity index (χ1) is 7.84. The molecule has 2 rings (SSSR count). The molecule has 0 spiro atoms. The van der Waals surface area contributed by atoms with Crippen LogP contribution in [0.3, 0.4) is 0 Å². The Bertz CT molecular complexity index is 408. The molecule has 1 N–H and O–H groups in total. The molecule has 0 aromatic carbocycles. The Morgan fingerprint density at radius 2 is 2.12 bits per heavy atom. The van der Waals surface area contributed by atoms with Crippen molar-refractivity contribution in [1.29, 1.82) is 0 Å². The molecule has 4 heteroatoms. The standard InChI is InChI=1S/C12H14ClNS2/c13-12-6-5-11(16-12)9-14-7-1-3-10-4-2-8-15-10/h2,4-6,8,14H,1,3,7,9H2. The van der Waals surface area contributed by atoms with E-state index in [9.17, 15) is 0 Å². The quantitative estimate of drug-likeness (QED) is 0.777. The molecule has 0 atom stereocenters. The van der Waals surface area contributed by atoms with E-state index in [1.165, 1.54) is 22.6 Å². The Hall–Kier alpha value is -0.350. The first-order valence-corrected chi connectivity index (χ1v) is 7.39. The van der Waals surface area contributed by atoms with E-state index in [1.807, 2.05) is 17.4 Å². The van der Waals surface area contributed by atoms with Crippen LogP contribution in [0, 0.1) is 0 Å². The molecule has 0 unspecified atom stereocenters. The first kappa shape index (κ1) is 12.1. The maximum absolute atomic E-state index is 5.86. The zero-order valence-corrected chi connectivity index (χ0v) is 11.3. The molecule has 1 nitrogen and oxygen atoms in total. The van der Waals surface area contributed by atoms with E-state index in [1.54, 1.807) is 11.3 Å².